The Morgan fingerprint density at radius 3 is 2.44 bits per heavy atom. The second-order valence-electron chi connectivity index (χ2n) is 3.94. The van der Waals surface area contributed by atoms with Gasteiger partial charge in [0, 0.05) is 23.6 Å². The van der Waals surface area contributed by atoms with E-state index in [-0.39, 0.29) is 5.78 Å². The van der Waals surface area contributed by atoms with Gasteiger partial charge in [-0.2, -0.15) is 0 Å². The van der Waals surface area contributed by atoms with Crippen LogP contribution in [0.25, 0.3) is 0 Å². The summed E-state index contributed by atoms with van der Waals surface area (Å²) in [6.07, 6.45) is 2.70. The van der Waals surface area contributed by atoms with E-state index in [0.29, 0.717) is 6.42 Å². The Morgan fingerprint density at radius 1 is 1.25 bits per heavy atom. The lowest BCUT2D eigenvalue weighted by Gasteiger charge is -2.02. The first-order valence-electron chi connectivity index (χ1n) is 5.52. The van der Waals surface area contributed by atoms with Gasteiger partial charge in [0.05, 0.1) is 0 Å². The zero-order valence-electron chi connectivity index (χ0n) is 10.1. The second kappa shape index (κ2) is 6.63. The van der Waals surface area contributed by atoms with Gasteiger partial charge in [-0.3, -0.25) is 0 Å². The van der Waals surface area contributed by atoms with Crippen LogP contribution in [0.5, 0.6) is 0 Å². The van der Waals surface area contributed by atoms with Gasteiger partial charge in [-0.1, -0.05) is 11.8 Å². The standard InChI is InChI=1S/C12H18N2OS/c1-9-8-10(2)14-12(13-9)16-7-5-4-6-11(3)15/h8H,4-7H2,1-3H3. The Kier molecular flexibility index (Phi) is 5.46. The Labute approximate surface area is 101 Å². The van der Waals surface area contributed by atoms with E-state index in [9.17, 15) is 4.79 Å². The average Bonchev–Trinajstić information content (AvgIpc) is 2.15. The average molecular weight is 238 g/mol. The second-order valence-corrected chi connectivity index (χ2v) is 5.00. The van der Waals surface area contributed by atoms with Crippen molar-refractivity contribution in [2.24, 2.45) is 0 Å². The molecule has 0 aliphatic rings. The number of thioether (sulfide) groups is 1. The molecule has 0 saturated carbocycles. The molecule has 0 fully saturated rings. The minimum absolute atomic E-state index is 0.271. The third-order valence-corrected chi connectivity index (χ3v) is 3.05. The van der Waals surface area contributed by atoms with Crippen LogP contribution in [0, 0.1) is 13.8 Å². The third kappa shape index (κ3) is 5.26. The summed E-state index contributed by atoms with van der Waals surface area (Å²) < 4.78 is 0. The Balaban J connectivity index is 2.29. The lowest BCUT2D eigenvalue weighted by atomic mass is 10.2. The first-order valence-corrected chi connectivity index (χ1v) is 6.51. The number of nitrogens with zero attached hydrogens (tertiary/aromatic N) is 2. The summed E-state index contributed by atoms with van der Waals surface area (Å²) in [5.74, 6) is 1.25. The largest absolute Gasteiger partial charge is 0.300 e. The molecule has 1 heterocycles. The summed E-state index contributed by atoms with van der Waals surface area (Å²) in [5, 5.41) is 0.848. The molecule has 0 N–H and O–H groups in total. The highest BCUT2D eigenvalue weighted by atomic mass is 32.2. The van der Waals surface area contributed by atoms with Gasteiger partial charge in [0.15, 0.2) is 5.16 Å². The molecule has 0 aromatic carbocycles. The van der Waals surface area contributed by atoms with E-state index in [4.69, 9.17) is 0 Å². The van der Waals surface area contributed by atoms with Crippen LogP contribution in [-0.4, -0.2) is 21.5 Å². The van der Waals surface area contributed by atoms with Crippen LogP contribution < -0.4 is 0 Å². The molecule has 4 heteroatoms. The molecule has 1 aromatic rings. The van der Waals surface area contributed by atoms with E-state index in [1.165, 1.54) is 0 Å². The van der Waals surface area contributed by atoms with Gasteiger partial charge in [-0.15, -0.1) is 0 Å². The highest BCUT2D eigenvalue weighted by Gasteiger charge is 2.00. The number of carbonyl (C=O) groups is 1. The molecule has 1 rings (SSSR count). The molecule has 3 nitrogen and oxygen atoms in total. The fraction of sp³-hybridized carbons (Fsp3) is 0.583. The highest BCUT2D eigenvalue weighted by molar-refractivity contribution is 7.99. The summed E-state index contributed by atoms with van der Waals surface area (Å²) >= 11 is 1.67. The molecular formula is C12H18N2OS. The van der Waals surface area contributed by atoms with Gasteiger partial charge < -0.3 is 4.79 Å². The number of unbranched alkanes of at least 4 members (excludes halogenated alkanes) is 1. The van der Waals surface area contributed by atoms with Crippen molar-refractivity contribution in [1.29, 1.82) is 0 Å². The molecule has 0 amide bonds. The molecule has 88 valence electrons. The monoisotopic (exact) mass is 238 g/mol. The smallest absolute Gasteiger partial charge is 0.187 e. The van der Waals surface area contributed by atoms with Crippen molar-refractivity contribution in [3.63, 3.8) is 0 Å². The maximum absolute atomic E-state index is 10.7. The first-order chi connectivity index (χ1) is 7.58. The van der Waals surface area contributed by atoms with Crippen molar-refractivity contribution in [3.05, 3.63) is 17.5 Å². The van der Waals surface area contributed by atoms with E-state index in [1.54, 1.807) is 18.7 Å². The molecular weight excluding hydrogens is 220 g/mol. The Bertz CT molecular complexity index is 346. The van der Waals surface area contributed by atoms with Crippen LogP contribution in [-0.2, 0) is 4.79 Å². The molecule has 0 spiro atoms. The van der Waals surface area contributed by atoms with Gasteiger partial charge in [-0.25, -0.2) is 9.97 Å². The third-order valence-electron chi connectivity index (χ3n) is 2.12. The molecule has 0 bridgehead atoms. The molecule has 0 saturated heterocycles. The predicted molar refractivity (Wildman–Crippen MR) is 66.8 cm³/mol. The maximum atomic E-state index is 10.7. The van der Waals surface area contributed by atoms with Crippen LogP contribution >= 0.6 is 11.8 Å². The summed E-state index contributed by atoms with van der Waals surface area (Å²) in [7, 11) is 0. The van der Waals surface area contributed by atoms with Crippen molar-refractivity contribution in [3.8, 4) is 0 Å². The van der Waals surface area contributed by atoms with Crippen molar-refractivity contribution in [2.75, 3.05) is 5.75 Å². The molecule has 0 aliphatic heterocycles. The maximum Gasteiger partial charge on any atom is 0.187 e. The van der Waals surface area contributed by atoms with Gasteiger partial charge >= 0.3 is 0 Å². The normalized spacial score (nSPS) is 10.4. The SMILES string of the molecule is CC(=O)CCCCSc1nc(C)cc(C)n1. The summed E-state index contributed by atoms with van der Waals surface area (Å²) in [5.41, 5.74) is 2.03. The Morgan fingerprint density at radius 2 is 1.88 bits per heavy atom. The topological polar surface area (TPSA) is 42.9 Å². The molecule has 0 aliphatic carbocycles. The van der Waals surface area contributed by atoms with Gasteiger partial charge in [0.25, 0.3) is 0 Å². The molecule has 16 heavy (non-hydrogen) atoms. The lowest BCUT2D eigenvalue weighted by Crippen LogP contribution is -1.94. The number of ketones is 1. The lowest BCUT2D eigenvalue weighted by molar-refractivity contribution is -0.117. The minimum Gasteiger partial charge on any atom is -0.300 e. The predicted octanol–water partition coefficient (Wildman–Crippen LogP) is 2.94. The molecule has 0 atom stereocenters. The zero-order chi connectivity index (χ0) is 12.0. The molecule has 1 aromatic heterocycles. The number of aromatic nitrogens is 2. The van der Waals surface area contributed by atoms with Gasteiger partial charge in [0.1, 0.15) is 5.78 Å². The highest BCUT2D eigenvalue weighted by Crippen LogP contribution is 2.16. The van der Waals surface area contributed by atoms with Crippen LogP contribution in [0.3, 0.4) is 0 Å². The summed E-state index contributed by atoms with van der Waals surface area (Å²) in [4.78, 5) is 19.4. The van der Waals surface area contributed by atoms with Gasteiger partial charge in [0.2, 0.25) is 0 Å². The number of Topliss-reactive ketones (excluding diaryl/α,β-unsaturated/α-hetero) is 1. The number of hydrogen-bond donors (Lipinski definition) is 0. The van der Waals surface area contributed by atoms with Crippen LogP contribution in [0.1, 0.15) is 37.6 Å². The van der Waals surface area contributed by atoms with Gasteiger partial charge in [-0.05, 0) is 39.7 Å². The number of rotatable bonds is 6. The quantitative estimate of drug-likeness (QED) is 0.434. The van der Waals surface area contributed by atoms with Crippen LogP contribution in [0.2, 0.25) is 0 Å². The zero-order valence-corrected chi connectivity index (χ0v) is 10.9. The summed E-state index contributed by atoms with van der Waals surface area (Å²) in [6.45, 7) is 5.60. The van der Waals surface area contributed by atoms with Crippen molar-refractivity contribution in [2.45, 2.75) is 45.2 Å². The van der Waals surface area contributed by atoms with E-state index >= 15 is 0 Å². The first kappa shape index (κ1) is 13.2. The molecule has 0 radical (unpaired) electrons. The fourth-order valence-electron chi connectivity index (χ4n) is 1.40. The number of hydrogen-bond acceptors (Lipinski definition) is 4. The van der Waals surface area contributed by atoms with E-state index in [0.717, 1.165) is 35.1 Å². The number of aryl methyl sites for hydroxylation is 2. The van der Waals surface area contributed by atoms with Crippen molar-refractivity contribution < 1.29 is 4.79 Å². The molecule has 0 unspecified atom stereocenters. The minimum atomic E-state index is 0.271. The summed E-state index contributed by atoms with van der Waals surface area (Å²) in [6, 6.07) is 1.97. The number of carbonyl (C=O) groups excluding carboxylic acids is 1. The Hall–Kier alpha value is -0.900. The van der Waals surface area contributed by atoms with Crippen LogP contribution in [0.15, 0.2) is 11.2 Å². The van der Waals surface area contributed by atoms with E-state index < -0.39 is 0 Å². The van der Waals surface area contributed by atoms with Crippen LogP contribution in [0.4, 0.5) is 0 Å². The van der Waals surface area contributed by atoms with Crippen molar-refractivity contribution in [1.82, 2.24) is 9.97 Å². The fourth-order valence-corrected chi connectivity index (χ4v) is 2.35. The van der Waals surface area contributed by atoms with E-state index in [2.05, 4.69) is 9.97 Å². The van der Waals surface area contributed by atoms with Crippen molar-refractivity contribution >= 4 is 17.5 Å². The van der Waals surface area contributed by atoms with E-state index in [1.807, 2.05) is 19.9 Å².